The quantitative estimate of drug-likeness (QED) is 0.698. The van der Waals surface area contributed by atoms with Gasteiger partial charge in [-0.3, -0.25) is 9.80 Å². The summed E-state index contributed by atoms with van der Waals surface area (Å²) in [5.41, 5.74) is 1.03. The number of piperidine rings is 1. The van der Waals surface area contributed by atoms with E-state index in [0.717, 1.165) is 72.0 Å². The number of likely N-dealkylation sites (tertiary alicyclic amines) is 2. The molecular formula is C24H37F2N3O. The normalized spacial score (nSPS) is 27.2. The molecule has 3 saturated heterocycles. The van der Waals surface area contributed by atoms with E-state index in [-0.39, 0.29) is 5.41 Å². The van der Waals surface area contributed by atoms with Crippen LogP contribution in [-0.2, 0) is 11.3 Å². The number of ether oxygens (including phenoxy) is 1. The minimum Gasteiger partial charge on any atom is -0.379 e. The van der Waals surface area contributed by atoms with Gasteiger partial charge < -0.3 is 9.64 Å². The van der Waals surface area contributed by atoms with Crippen LogP contribution in [0.2, 0.25) is 0 Å². The first kappa shape index (κ1) is 22.1. The van der Waals surface area contributed by atoms with Crippen LogP contribution in [0.4, 0.5) is 8.78 Å². The molecule has 1 unspecified atom stereocenters. The van der Waals surface area contributed by atoms with Crippen molar-refractivity contribution in [3.8, 4) is 0 Å². The fourth-order valence-corrected chi connectivity index (χ4v) is 5.87. The first-order valence-corrected chi connectivity index (χ1v) is 11.5. The number of hydrogen-bond donors (Lipinski definition) is 0. The maximum absolute atomic E-state index is 14.1. The third-order valence-electron chi connectivity index (χ3n) is 7.09. The molecule has 168 valence electrons. The Labute approximate surface area is 180 Å². The van der Waals surface area contributed by atoms with Crippen LogP contribution in [0.5, 0.6) is 0 Å². The lowest BCUT2D eigenvalue weighted by atomic mass is 9.79. The van der Waals surface area contributed by atoms with Crippen molar-refractivity contribution in [2.75, 3.05) is 65.6 Å². The highest BCUT2D eigenvalue weighted by Gasteiger charge is 2.42. The van der Waals surface area contributed by atoms with Crippen LogP contribution in [0.1, 0.15) is 38.7 Å². The Balaban J connectivity index is 1.32. The molecule has 1 atom stereocenters. The highest BCUT2D eigenvalue weighted by molar-refractivity contribution is 5.19. The van der Waals surface area contributed by atoms with Gasteiger partial charge in [-0.1, -0.05) is 26.0 Å². The Morgan fingerprint density at radius 3 is 2.47 bits per heavy atom. The lowest BCUT2D eigenvalue weighted by molar-refractivity contribution is 0.0147. The molecule has 3 heterocycles. The lowest BCUT2D eigenvalue weighted by Gasteiger charge is -2.41. The SMILES string of the molecule is CC(C)(CN1CCOCC1)CN1CCC2(CCCN(Cc3cccc(F)c3F)C2)C1. The third kappa shape index (κ3) is 5.39. The number of morpholine rings is 1. The predicted octanol–water partition coefficient (Wildman–Crippen LogP) is 3.61. The Bertz CT molecular complexity index is 722. The van der Waals surface area contributed by atoms with Crippen molar-refractivity contribution >= 4 is 0 Å². The summed E-state index contributed by atoms with van der Waals surface area (Å²) >= 11 is 0. The summed E-state index contributed by atoms with van der Waals surface area (Å²) in [6.07, 6.45) is 3.60. The summed E-state index contributed by atoms with van der Waals surface area (Å²) in [5.74, 6) is -1.43. The van der Waals surface area contributed by atoms with Crippen molar-refractivity contribution in [3.05, 3.63) is 35.4 Å². The highest BCUT2D eigenvalue weighted by Crippen LogP contribution is 2.40. The van der Waals surface area contributed by atoms with Crippen molar-refractivity contribution < 1.29 is 13.5 Å². The number of rotatable bonds is 6. The van der Waals surface area contributed by atoms with Gasteiger partial charge in [-0.2, -0.15) is 0 Å². The molecule has 3 aliphatic heterocycles. The number of nitrogens with zero attached hydrogens (tertiary/aromatic N) is 3. The second-order valence-corrected chi connectivity index (χ2v) is 10.5. The fourth-order valence-electron chi connectivity index (χ4n) is 5.87. The minimum atomic E-state index is -0.742. The second-order valence-electron chi connectivity index (χ2n) is 10.5. The first-order valence-electron chi connectivity index (χ1n) is 11.5. The van der Waals surface area contributed by atoms with Gasteiger partial charge >= 0.3 is 0 Å². The van der Waals surface area contributed by atoms with E-state index >= 15 is 0 Å². The molecular weight excluding hydrogens is 384 g/mol. The van der Waals surface area contributed by atoms with Crippen molar-refractivity contribution in [2.24, 2.45) is 10.8 Å². The molecule has 4 nitrogen and oxygen atoms in total. The van der Waals surface area contributed by atoms with E-state index < -0.39 is 11.6 Å². The zero-order valence-corrected chi connectivity index (χ0v) is 18.6. The van der Waals surface area contributed by atoms with Crippen molar-refractivity contribution in [2.45, 2.75) is 39.7 Å². The number of hydrogen-bond acceptors (Lipinski definition) is 4. The summed E-state index contributed by atoms with van der Waals surface area (Å²) in [6, 6.07) is 4.53. The summed E-state index contributed by atoms with van der Waals surface area (Å²) < 4.78 is 33.2. The van der Waals surface area contributed by atoms with E-state index in [1.54, 1.807) is 12.1 Å². The van der Waals surface area contributed by atoms with Crippen molar-refractivity contribution in [1.82, 2.24) is 14.7 Å². The van der Waals surface area contributed by atoms with Gasteiger partial charge in [0.05, 0.1) is 13.2 Å². The van der Waals surface area contributed by atoms with Gasteiger partial charge in [0.2, 0.25) is 0 Å². The highest BCUT2D eigenvalue weighted by atomic mass is 19.2. The zero-order chi connectivity index (χ0) is 21.2. The number of benzene rings is 1. The van der Waals surface area contributed by atoms with Crippen LogP contribution < -0.4 is 0 Å². The molecule has 6 heteroatoms. The molecule has 1 spiro atoms. The Kier molecular flexibility index (Phi) is 6.78. The van der Waals surface area contributed by atoms with Crippen LogP contribution in [0.3, 0.4) is 0 Å². The molecule has 3 fully saturated rings. The topological polar surface area (TPSA) is 19.0 Å². The lowest BCUT2D eigenvalue weighted by Crippen LogP contribution is -2.47. The molecule has 0 N–H and O–H groups in total. The summed E-state index contributed by atoms with van der Waals surface area (Å²) in [4.78, 5) is 7.52. The summed E-state index contributed by atoms with van der Waals surface area (Å²) in [5, 5.41) is 0. The van der Waals surface area contributed by atoms with Crippen LogP contribution >= 0.6 is 0 Å². The van der Waals surface area contributed by atoms with E-state index in [1.165, 1.54) is 18.9 Å². The fraction of sp³-hybridized carbons (Fsp3) is 0.750. The molecule has 0 aliphatic carbocycles. The largest absolute Gasteiger partial charge is 0.379 e. The van der Waals surface area contributed by atoms with Crippen LogP contribution in [0.15, 0.2) is 18.2 Å². The van der Waals surface area contributed by atoms with Crippen molar-refractivity contribution in [3.63, 3.8) is 0 Å². The van der Waals surface area contributed by atoms with E-state index in [4.69, 9.17) is 4.74 Å². The summed E-state index contributed by atoms with van der Waals surface area (Å²) in [7, 11) is 0. The van der Waals surface area contributed by atoms with Gasteiger partial charge in [-0.15, -0.1) is 0 Å². The monoisotopic (exact) mass is 421 g/mol. The van der Waals surface area contributed by atoms with E-state index in [0.29, 0.717) is 17.5 Å². The Hall–Kier alpha value is -1.08. The van der Waals surface area contributed by atoms with Crippen molar-refractivity contribution in [1.29, 1.82) is 0 Å². The number of halogens is 2. The minimum absolute atomic E-state index is 0.252. The summed E-state index contributed by atoms with van der Waals surface area (Å²) in [6.45, 7) is 15.5. The van der Waals surface area contributed by atoms with Gasteiger partial charge in [0, 0.05) is 51.4 Å². The van der Waals surface area contributed by atoms with Crippen LogP contribution in [0, 0.1) is 22.5 Å². The average molecular weight is 422 g/mol. The molecule has 4 rings (SSSR count). The van der Waals surface area contributed by atoms with Gasteiger partial charge in [0.25, 0.3) is 0 Å². The van der Waals surface area contributed by atoms with Gasteiger partial charge in [-0.25, -0.2) is 8.78 Å². The molecule has 0 radical (unpaired) electrons. The molecule has 1 aromatic carbocycles. The molecule has 0 amide bonds. The smallest absolute Gasteiger partial charge is 0.163 e. The van der Waals surface area contributed by atoms with Gasteiger partial charge in [-0.05, 0) is 49.2 Å². The maximum Gasteiger partial charge on any atom is 0.163 e. The standard InChI is InChI=1S/C24H37F2N3O/c1-23(2,16-27-11-13-30-14-12-27)17-29-10-8-24(19-29)7-4-9-28(18-24)15-20-5-3-6-21(25)22(20)26/h3,5-6H,4,7-19H2,1-2H3. The molecule has 1 aromatic rings. The molecule has 0 aromatic heterocycles. The maximum atomic E-state index is 14.1. The third-order valence-corrected chi connectivity index (χ3v) is 7.09. The van der Waals surface area contributed by atoms with Crippen LogP contribution in [-0.4, -0.2) is 80.3 Å². The molecule has 0 bridgehead atoms. The van der Waals surface area contributed by atoms with E-state index in [2.05, 4.69) is 28.5 Å². The van der Waals surface area contributed by atoms with Gasteiger partial charge in [0.1, 0.15) is 0 Å². The molecule has 30 heavy (non-hydrogen) atoms. The second kappa shape index (κ2) is 9.19. The van der Waals surface area contributed by atoms with Gasteiger partial charge in [0.15, 0.2) is 11.6 Å². The Morgan fingerprint density at radius 2 is 1.67 bits per heavy atom. The average Bonchev–Trinajstić information content (AvgIpc) is 3.06. The van der Waals surface area contributed by atoms with E-state index in [1.807, 2.05) is 0 Å². The molecule has 0 saturated carbocycles. The first-order chi connectivity index (χ1) is 14.3. The molecule has 3 aliphatic rings. The zero-order valence-electron chi connectivity index (χ0n) is 18.6. The van der Waals surface area contributed by atoms with Crippen LogP contribution in [0.25, 0.3) is 0 Å². The Morgan fingerprint density at radius 1 is 0.933 bits per heavy atom. The van der Waals surface area contributed by atoms with E-state index in [9.17, 15) is 8.78 Å². The predicted molar refractivity (Wildman–Crippen MR) is 115 cm³/mol.